The lowest BCUT2D eigenvalue weighted by Crippen LogP contribution is -2.26. The molecular formula is C16H24N2O3. The van der Waals surface area contributed by atoms with Gasteiger partial charge in [-0.15, -0.1) is 0 Å². The number of anilines is 1. The summed E-state index contributed by atoms with van der Waals surface area (Å²) in [6.07, 6.45) is 2.67. The quantitative estimate of drug-likeness (QED) is 0.608. The Balaban J connectivity index is 2.17. The van der Waals surface area contributed by atoms with Crippen molar-refractivity contribution >= 4 is 17.6 Å². The molecule has 0 aliphatic carbocycles. The smallest absolute Gasteiger partial charge is 0.303 e. The summed E-state index contributed by atoms with van der Waals surface area (Å²) in [6.45, 7) is 2.59. The van der Waals surface area contributed by atoms with E-state index in [9.17, 15) is 9.59 Å². The van der Waals surface area contributed by atoms with Gasteiger partial charge in [0.1, 0.15) is 0 Å². The lowest BCUT2D eigenvalue weighted by atomic mass is 10.0. The molecule has 4 N–H and O–H groups in total. The first-order chi connectivity index (χ1) is 9.99. The SMILES string of the molecule is CC(CCNC(=O)CCc1ccccc1N)CCC(=O)O. The number of carbonyl (C=O) groups excluding carboxylic acids is 1. The number of nitrogens with one attached hydrogen (secondary N) is 1. The number of carbonyl (C=O) groups is 2. The minimum absolute atomic E-state index is 0.00341. The van der Waals surface area contributed by atoms with Crippen LogP contribution in [0.15, 0.2) is 24.3 Å². The van der Waals surface area contributed by atoms with E-state index in [-0.39, 0.29) is 12.3 Å². The van der Waals surface area contributed by atoms with Crippen LogP contribution in [-0.2, 0) is 16.0 Å². The van der Waals surface area contributed by atoms with Crippen LogP contribution < -0.4 is 11.1 Å². The van der Waals surface area contributed by atoms with Gasteiger partial charge < -0.3 is 16.2 Å². The van der Waals surface area contributed by atoms with Crippen LogP contribution in [0.4, 0.5) is 5.69 Å². The molecule has 0 bridgehead atoms. The number of aryl methyl sites for hydroxylation is 1. The summed E-state index contributed by atoms with van der Waals surface area (Å²) in [5.74, 6) is -0.471. The Morgan fingerprint density at radius 2 is 1.95 bits per heavy atom. The number of nitrogens with two attached hydrogens (primary N) is 1. The Hall–Kier alpha value is -2.04. The number of aliphatic carboxylic acids is 1. The van der Waals surface area contributed by atoms with Gasteiger partial charge in [0.05, 0.1) is 0 Å². The predicted octanol–water partition coefficient (Wildman–Crippen LogP) is 2.21. The average Bonchev–Trinajstić information content (AvgIpc) is 2.44. The molecule has 1 amide bonds. The average molecular weight is 292 g/mol. The van der Waals surface area contributed by atoms with Gasteiger partial charge in [0.15, 0.2) is 0 Å². The number of amides is 1. The van der Waals surface area contributed by atoms with Gasteiger partial charge in [-0.1, -0.05) is 25.1 Å². The van der Waals surface area contributed by atoms with Gasteiger partial charge in [-0.3, -0.25) is 9.59 Å². The molecule has 5 nitrogen and oxygen atoms in total. The number of hydrogen-bond donors (Lipinski definition) is 3. The molecule has 0 aliphatic rings. The largest absolute Gasteiger partial charge is 0.481 e. The highest BCUT2D eigenvalue weighted by Gasteiger charge is 2.07. The summed E-state index contributed by atoms with van der Waals surface area (Å²) in [4.78, 5) is 22.2. The lowest BCUT2D eigenvalue weighted by molar-refractivity contribution is -0.137. The number of benzene rings is 1. The second-order valence-corrected chi connectivity index (χ2v) is 5.38. The van der Waals surface area contributed by atoms with Crippen LogP contribution >= 0.6 is 0 Å². The Bertz CT molecular complexity index is 474. The second-order valence-electron chi connectivity index (χ2n) is 5.38. The second kappa shape index (κ2) is 9.00. The molecule has 0 saturated heterocycles. The van der Waals surface area contributed by atoms with Crippen LogP contribution in [0, 0.1) is 5.92 Å². The van der Waals surface area contributed by atoms with Crippen molar-refractivity contribution < 1.29 is 14.7 Å². The Morgan fingerprint density at radius 3 is 2.62 bits per heavy atom. The molecule has 0 radical (unpaired) electrons. The predicted molar refractivity (Wildman–Crippen MR) is 82.8 cm³/mol. The van der Waals surface area contributed by atoms with E-state index >= 15 is 0 Å². The molecular weight excluding hydrogens is 268 g/mol. The number of rotatable bonds is 9. The molecule has 1 atom stereocenters. The van der Waals surface area contributed by atoms with Crippen LogP contribution in [-0.4, -0.2) is 23.5 Å². The molecule has 0 heterocycles. The van der Waals surface area contributed by atoms with E-state index in [0.717, 1.165) is 12.0 Å². The zero-order valence-electron chi connectivity index (χ0n) is 12.5. The molecule has 0 spiro atoms. The molecule has 1 unspecified atom stereocenters. The van der Waals surface area contributed by atoms with E-state index in [1.807, 2.05) is 31.2 Å². The highest BCUT2D eigenvalue weighted by molar-refractivity contribution is 5.76. The van der Waals surface area contributed by atoms with E-state index in [1.54, 1.807) is 0 Å². The van der Waals surface area contributed by atoms with Crippen molar-refractivity contribution in [3.8, 4) is 0 Å². The standard InChI is InChI=1S/C16H24N2O3/c1-12(6-9-16(20)21)10-11-18-15(19)8-7-13-4-2-3-5-14(13)17/h2-5,12H,6-11,17H2,1H3,(H,18,19)(H,20,21). The fourth-order valence-corrected chi connectivity index (χ4v) is 2.07. The minimum atomic E-state index is -0.772. The van der Waals surface area contributed by atoms with Crippen molar-refractivity contribution in [2.45, 2.75) is 39.0 Å². The van der Waals surface area contributed by atoms with Crippen LogP contribution in [0.2, 0.25) is 0 Å². The van der Waals surface area contributed by atoms with Gasteiger partial charge in [-0.2, -0.15) is 0 Å². The van der Waals surface area contributed by atoms with Crippen molar-refractivity contribution in [3.05, 3.63) is 29.8 Å². The molecule has 0 saturated carbocycles. The molecule has 0 aromatic heterocycles. The van der Waals surface area contributed by atoms with E-state index in [0.29, 0.717) is 37.4 Å². The van der Waals surface area contributed by atoms with Gasteiger partial charge in [0.2, 0.25) is 5.91 Å². The van der Waals surface area contributed by atoms with Crippen LogP contribution in [0.3, 0.4) is 0 Å². The third-order valence-electron chi connectivity index (χ3n) is 3.49. The maximum absolute atomic E-state index is 11.7. The first-order valence-electron chi connectivity index (χ1n) is 7.31. The van der Waals surface area contributed by atoms with Crippen LogP contribution in [0.1, 0.15) is 38.2 Å². The maximum Gasteiger partial charge on any atom is 0.303 e. The molecule has 0 aliphatic heterocycles. The number of carboxylic acid groups (broad SMARTS) is 1. The number of para-hydroxylation sites is 1. The summed E-state index contributed by atoms with van der Waals surface area (Å²) in [5.41, 5.74) is 7.53. The van der Waals surface area contributed by atoms with E-state index < -0.39 is 5.97 Å². The zero-order chi connectivity index (χ0) is 15.7. The molecule has 5 heteroatoms. The lowest BCUT2D eigenvalue weighted by Gasteiger charge is -2.11. The zero-order valence-corrected chi connectivity index (χ0v) is 12.5. The van der Waals surface area contributed by atoms with Gasteiger partial charge in [0, 0.05) is 25.1 Å². The fourth-order valence-electron chi connectivity index (χ4n) is 2.07. The van der Waals surface area contributed by atoms with E-state index in [1.165, 1.54) is 0 Å². The van der Waals surface area contributed by atoms with Gasteiger partial charge >= 0.3 is 5.97 Å². The first-order valence-corrected chi connectivity index (χ1v) is 7.31. The maximum atomic E-state index is 11.7. The van der Waals surface area contributed by atoms with Crippen LogP contribution in [0.5, 0.6) is 0 Å². The van der Waals surface area contributed by atoms with Crippen molar-refractivity contribution in [1.82, 2.24) is 5.32 Å². The van der Waals surface area contributed by atoms with Gasteiger partial charge in [-0.25, -0.2) is 0 Å². The highest BCUT2D eigenvalue weighted by Crippen LogP contribution is 2.12. The van der Waals surface area contributed by atoms with E-state index in [2.05, 4.69) is 5.32 Å². The summed E-state index contributed by atoms with van der Waals surface area (Å²) in [7, 11) is 0. The normalized spacial score (nSPS) is 11.9. The summed E-state index contributed by atoms with van der Waals surface area (Å²) >= 11 is 0. The molecule has 116 valence electrons. The Labute approximate surface area is 125 Å². The van der Waals surface area contributed by atoms with E-state index in [4.69, 9.17) is 10.8 Å². The monoisotopic (exact) mass is 292 g/mol. The molecule has 1 rings (SSSR count). The molecule has 21 heavy (non-hydrogen) atoms. The summed E-state index contributed by atoms with van der Waals surface area (Å²) in [6, 6.07) is 7.54. The highest BCUT2D eigenvalue weighted by atomic mass is 16.4. The summed E-state index contributed by atoms with van der Waals surface area (Å²) < 4.78 is 0. The number of hydrogen-bond acceptors (Lipinski definition) is 3. The van der Waals surface area contributed by atoms with Gasteiger partial charge in [-0.05, 0) is 36.8 Å². The topological polar surface area (TPSA) is 92.4 Å². The fraction of sp³-hybridized carbons (Fsp3) is 0.500. The first kappa shape index (κ1) is 17.0. The van der Waals surface area contributed by atoms with Crippen molar-refractivity contribution in [2.24, 2.45) is 5.92 Å². The molecule has 1 aromatic rings. The number of carboxylic acids is 1. The Kier molecular flexibility index (Phi) is 7.29. The summed E-state index contributed by atoms with van der Waals surface area (Å²) in [5, 5.41) is 11.5. The third kappa shape index (κ3) is 7.34. The molecule has 0 fully saturated rings. The van der Waals surface area contributed by atoms with Gasteiger partial charge in [0.25, 0.3) is 0 Å². The minimum Gasteiger partial charge on any atom is -0.481 e. The molecule has 1 aromatic carbocycles. The van der Waals surface area contributed by atoms with Crippen molar-refractivity contribution in [1.29, 1.82) is 0 Å². The number of nitrogen functional groups attached to an aromatic ring is 1. The van der Waals surface area contributed by atoms with Crippen LogP contribution in [0.25, 0.3) is 0 Å². The Morgan fingerprint density at radius 1 is 1.24 bits per heavy atom. The van der Waals surface area contributed by atoms with Crippen molar-refractivity contribution in [3.63, 3.8) is 0 Å². The third-order valence-corrected chi connectivity index (χ3v) is 3.49. The van der Waals surface area contributed by atoms with Crippen molar-refractivity contribution in [2.75, 3.05) is 12.3 Å².